The summed E-state index contributed by atoms with van der Waals surface area (Å²) in [6.07, 6.45) is 2.40. The van der Waals surface area contributed by atoms with Gasteiger partial charge in [-0.05, 0) is 18.1 Å². The molecule has 86 valence electrons. The normalized spacial score (nSPS) is 13.8. The highest BCUT2D eigenvalue weighted by Crippen LogP contribution is 2.36. The maximum Gasteiger partial charge on any atom is 0.347 e. The van der Waals surface area contributed by atoms with Gasteiger partial charge in [0.15, 0.2) is 5.13 Å². The molecular weight excluding hydrogens is 236 g/mol. The van der Waals surface area contributed by atoms with E-state index in [9.17, 15) is 4.79 Å². The molecule has 17 heavy (non-hydrogen) atoms. The van der Waals surface area contributed by atoms with Gasteiger partial charge in [0, 0.05) is 12.2 Å². The van der Waals surface area contributed by atoms with Gasteiger partial charge in [-0.1, -0.05) is 29.5 Å². The Morgan fingerprint density at radius 2 is 2.24 bits per heavy atom. The van der Waals surface area contributed by atoms with Gasteiger partial charge in [-0.25, -0.2) is 9.78 Å². The smallest absolute Gasteiger partial charge is 0.347 e. The van der Waals surface area contributed by atoms with E-state index in [1.807, 2.05) is 18.2 Å². The minimum atomic E-state index is -0.916. The van der Waals surface area contributed by atoms with Crippen molar-refractivity contribution in [3.8, 4) is 0 Å². The number of thiazole rings is 1. The zero-order valence-electron chi connectivity index (χ0n) is 8.96. The summed E-state index contributed by atoms with van der Waals surface area (Å²) < 4.78 is 0. The molecule has 2 aromatic rings. The number of rotatable bonds is 2. The number of para-hydroxylation sites is 1. The largest absolute Gasteiger partial charge is 0.477 e. The van der Waals surface area contributed by atoms with Crippen LogP contribution in [-0.4, -0.2) is 22.6 Å². The molecule has 4 nitrogen and oxygen atoms in total. The van der Waals surface area contributed by atoms with Crippen LogP contribution in [-0.2, 0) is 6.42 Å². The average molecular weight is 246 g/mol. The van der Waals surface area contributed by atoms with E-state index in [0.717, 1.165) is 23.8 Å². The molecule has 0 saturated heterocycles. The minimum absolute atomic E-state index is 0.282. The second-order valence-electron chi connectivity index (χ2n) is 3.84. The van der Waals surface area contributed by atoms with Crippen LogP contribution < -0.4 is 4.90 Å². The molecule has 0 amide bonds. The molecule has 0 spiro atoms. The molecule has 0 unspecified atom stereocenters. The number of anilines is 2. The highest BCUT2D eigenvalue weighted by atomic mass is 32.1. The van der Waals surface area contributed by atoms with E-state index >= 15 is 0 Å². The third-order valence-corrected chi connectivity index (χ3v) is 3.83. The van der Waals surface area contributed by atoms with Gasteiger partial charge in [0.05, 0.1) is 6.20 Å². The Hall–Kier alpha value is -1.88. The average Bonchev–Trinajstić information content (AvgIpc) is 2.95. The topological polar surface area (TPSA) is 53.4 Å². The van der Waals surface area contributed by atoms with Crippen LogP contribution in [0, 0.1) is 0 Å². The van der Waals surface area contributed by atoms with E-state index in [0.29, 0.717) is 0 Å². The first-order valence-electron chi connectivity index (χ1n) is 5.30. The van der Waals surface area contributed by atoms with Crippen LogP contribution in [0.1, 0.15) is 15.2 Å². The summed E-state index contributed by atoms with van der Waals surface area (Å²) in [6.45, 7) is 0.867. The summed E-state index contributed by atoms with van der Waals surface area (Å²) in [7, 11) is 0. The van der Waals surface area contributed by atoms with E-state index in [-0.39, 0.29) is 4.88 Å². The molecular formula is C12H10N2O2S. The van der Waals surface area contributed by atoms with Gasteiger partial charge in [-0.2, -0.15) is 0 Å². The Balaban J connectivity index is 1.98. The fourth-order valence-corrected chi connectivity index (χ4v) is 2.82. The number of nitrogens with zero attached hydrogens (tertiary/aromatic N) is 2. The first-order chi connectivity index (χ1) is 8.25. The van der Waals surface area contributed by atoms with Gasteiger partial charge >= 0.3 is 5.97 Å². The maximum atomic E-state index is 10.8. The Labute approximate surface area is 102 Å². The van der Waals surface area contributed by atoms with Crippen molar-refractivity contribution in [1.82, 2.24) is 4.98 Å². The standard InChI is InChI=1S/C12H10N2O2S/c15-11(16)10-7-13-12(17-10)14-6-5-8-3-1-2-4-9(8)14/h1-4,7H,5-6H2,(H,15,16). The van der Waals surface area contributed by atoms with Crippen molar-refractivity contribution in [2.24, 2.45) is 0 Å². The molecule has 1 aliphatic heterocycles. The van der Waals surface area contributed by atoms with Crippen LogP contribution in [0.3, 0.4) is 0 Å². The Bertz CT molecular complexity index is 579. The van der Waals surface area contributed by atoms with Crippen molar-refractivity contribution in [3.05, 3.63) is 40.9 Å². The summed E-state index contributed by atoms with van der Waals surface area (Å²) in [6, 6.07) is 8.15. The number of carboxylic acids is 1. The van der Waals surface area contributed by atoms with Crippen LogP contribution in [0.25, 0.3) is 0 Å². The van der Waals surface area contributed by atoms with Crippen molar-refractivity contribution in [2.75, 3.05) is 11.4 Å². The Kier molecular flexibility index (Phi) is 2.33. The minimum Gasteiger partial charge on any atom is -0.477 e. The third-order valence-electron chi connectivity index (χ3n) is 2.82. The summed E-state index contributed by atoms with van der Waals surface area (Å²) in [4.78, 5) is 17.4. The van der Waals surface area contributed by atoms with E-state index in [4.69, 9.17) is 5.11 Å². The van der Waals surface area contributed by atoms with Gasteiger partial charge < -0.3 is 10.0 Å². The predicted octanol–water partition coefficient (Wildman–Crippen LogP) is 2.54. The molecule has 3 rings (SSSR count). The van der Waals surface area contributed by atoms with Crippen LogP contribution >= 0.6 is 11.3 Å². The number of carboxylic acid groups (broad SMARTS) is 1. The van der Waals surface area contributed by atoms with Gasteiger partial charge in [-0.3, -0.25) is 0 Å². The number of hydrogen-bond acceptors (Lipinski definition) is 4. The van der Waals surface area contributed by atoms with Gasteiger partial charge in [0.25, 0.3) is 0 Å². The van der Waals surface area contributed by atoms with E-state index in [1.54, 1.807) is 0 Å². The molecule has 1 aromatic carbocycles. The first kappa shape index (κ1) is 10.3. The number of aromatic carboxylic acids is 1. The zero-order chi connectivity index (χ0) is 11.8. The number of benzene rings is 1. The number of fused-ring (bicyclic) bond motifs is 1. The van der Waals surface area contributed by atoms with Gasteiger partial charge in [0.2, 0.25) is 0 Å². The summed E-state index contributed by atoms with van der Waals surface area (Å²) >= 11 is 1.22. The fourth-order valence-electron chi connectivity index (χ4n) is 2.03. The molecule has 1 aliphatic rings. The van der Waals surface area contributed by atoms with Crippen LogP contribution in [0.5, 0.6) is 0 Å². The first-order valence-corrected chi connectivity index (χ1v) is 6.12. The summed E-state index contributed by atoms with van der Waals surface area (Å²) in [5, 5.41) is 9.64. The molecule has 0 radical (unpaired) electrons. The van der Waals surface area contributed by atoms with Crippen LogP contribution in [0.2, 0.25) is 0 Å². The van der Waals surface area contributed by atoms with Crippen molar-refractivity contribution < 1.29 is 9.90 Å². The van der Waals surface area contributed by atoms with E-state index in [2.05, 4.69) is 16.0 Å². The fraction of sp³-hybridized carbons (Fsp3) is 0.167. The Morgan fingerprint density at radius 3 is 3.00 bits per heavy atom. The number of hydrogen-bond donors (Lipinski definition) is 1. The molecule has 0 bridgehead atoms. The number of carbonyl (C=O) groups is 1. The summed E-state index contributed by atoms with van der Waals surface area (Å²) in [5.41, 5.74) is 2.43. The van der Waals surface area contributed by atoms with Crippen molar-refractivity contribution in [3.63, 3.8) is 0 Å². The van der Waals surface area contributed by atoms with E-state index in [1.165, 1.54) is 23.1 Å². The highest BCUT2D eigenvalue weighted by Gasteiger charge is 2.22. The Morgan fingerprint density at radius 1 is 1.41 bits per heavy atom. The summed E-state index contributed by atoms with van der Waals surface area (Å²) in [5.74, 6) is -0.916. The molecule has 2 heterocycles. The second kappa shape index (κ2) is 3.85. The zero-order valence-corrected chi connectivity index (χ0v) is 9.78. The molecule has 5 heteroatoms. The number of aromatic nitrogens is 1. The lowest BCUT2D eigenvalue weighted by Gasteiger charge is -2.15. The maximum absolute atomic E-state index is 10.8. The predicted molar refractivity (Wildman–Crippen MR) is 66.2 cm³/mol. The van der Waals surface area contributed by atoms with Crippen molar-refractivity contribution >= 4 is 28.1 Å². The molecule has 0 aliphatic carbocycles. The monoisotopic (exact) mass is 246 g/mol. The van der Waals surface area contributed by atoms with Crippen LogP contribution in [0.15, 0.2) is 30.5 Å². The van der Waals surface area contributed by atoms with Crippen LogP contribution in [0.4, 0.5) is 10.8 Å². The van der Waals surface area contributed by atoms with Crippen molar-refractivity contribution in [1.29, 1.82) is 0 Å². The third kappa shape index (κ3) is 1.68. The lowest BCUT2D eigenvalue weighted by molar-refractivity contribution is 0.0702. The molecule has 1 N–H and O–H groups in total. The lowest BCUT2D eigenvalue weighted by Crippen LogP contribution is -2.12. The molecule has 0 fully saturated rings. The molecule has 1 aromatic heterocycles. The second-order valence-corrected chi connectivity index (χ2v) is 4.85. The highest BCUT2D eigenvalue weighted by molar-refractivity contribution is 7.17. The van der Waals surface area contributed by atoms with Gasteiger partial charge in [0.1, 0.15) is 4.88 Å². The van der Waals surface area contributed by atoms with E-state index < -0.39 is 5.97 Å². The van der Waals surface area contributed by atoms with Gasteiger partial charge in [-0.15, -0.1) is 0 Å². The molecule has 0 atom stereocenters. The quantitative estimate of drug-likeness (QED) is 0.884. The SMILES string of the molecule is O=C(O)c1cnc(N2CCc3ccccc32)s1. The van der Waals surface area contributed by atoms with Crippen molar-refractivity contribution in [2.45, 2.75) is 6.42 Å². The molecule has 0 saturated carbocycles. The lowest BCUT2D eigenvalue weighted by atomic mass is 10.2.